The first-order chi connectivity index (χ1) is 14.7. The van der Waals surface area contributed by atoms with E-state index >= 15 is 0 Å². The summed E-state index contributed by atoms with van der Waals surface area (Å²) in [6, 6.07) is 18.9. The first-order valence-electron chi connectivity index (χ1n) is 11.2. The van der Waals surface area contributed by atoms with Crippen LogP contribution in [0.25, 0.3) is 0 Å². The van der Waals surface area contributed by atoms with Crippen molar-refractivity contribution >= 4 is 35.6 Å². The summed E-state index contributed by atoms with van der Waals surface area (Å²) in [5.74, 6) is 0.840. The number of aliphatic imine (C=N–C) groups is 1. The van der Waals surface area contributed by atoms with Gasteiger partial charge < -0.3 is 15.4 Å². The van der Waals surface area contributed by atoms with Gasteiger partial charge in [-0.25, -0.2) is 4.99 Å². The molecule has 0 aliphatic carbocycles. The molecule has 0 saturated carbocycles. The summed E-state index contributed by atoms with van der Waals surface area (Å²) in [4.78, 5) is 7.59. The smallest absolute Gasteiger partial charge is 0.196 e. The molecule has 2 aromatic carbocycles. The van der Waals surface area contributed by atoms with Crippen LogP contribution in [0.15, 0.2) is 59.6 Å². The zero-order valence-electron chi connectivity index (χ0n) is 18.5. The van der Waals surface area contributed by atoms with Crippen molar-refractivity contribution in [1.82, 2.24) is 10.2 Å². The normalized spacial score (nSPS) is 18.9. The number of rotatable bonds is 6. The van der Waals surface area contributed by atoms with Crippen LogP contribution in [0.4, 0.5) is 5.69 Å². The Labute approximate surface area is 203 Å². The van der Waals surface area contributed by atoms with Gasteiger partial charge in [0.05, 0.1) is 6.54 Å². The number of benzene rings is 2. The van der Waals surface area contributed by atoms with Crippen molar-refractivity contribution in [3.05, 3.63) is 65.7 Å². The molecule has 2 N–H and O–H groups in total. The fourth-order valence-electron chi connectivity index (χ4n) is 4.46. The Morgan fingerprint density at radius 1 is 1.00 bits per heavy atom. The monoisotopic (exact) mass is 534 g/mol. The van der Waals surface area contributed by atoms with Crippen LogP contribution in [0.5, 0.6) is 0 Å². The first-order valence-corrected chi connectivity index (χ1v) is 11.2. The third-order valence-corrected chi connectivity index (χ3v) is 6.36. The van der Waals surface area contributed by atoms with E-state index < -0.39 is 0 Å². The minimum atomic E-state index is 0. The molecule has 0 bridgehead atoms. The maximum Gasteiger partial charge on any atom is 0.196 e. The Morgan fingerprint density at radius 2 is 1.68 bits per heavy atom. The summed E-state index contributed by atoms with van der Waals surface area (Å²) in [5.41, 5.74) is 3.71. The quantitative estimate of drug-likeness (QED) is 0.317. The van der Waals surface area contributed by atoms with E-state index in [1.54, 1.807) is 0 Å². The fraction of sp³-hybridized carbons (Fsp3) is 0.480. The molecule has 0 aromatic heterocycles. The van der Waals surface area contributed by atoms with Gasteiger partial charge in [0.2, 0.25) is 0 Å². The molecular weight excluding hydrogens is 499 g/mol. The summed E-state index contributed by atoms with van der Waals surface area (Å²) in [5, 5.41) is 7.18. The summed E-state index contributed by atoms with van der Waals surface area (Å²) in [6.07, 6.45) is 4.77. The van der Waals surface area contributed by atoms with Crippen LogP contribution < -0.4 is 10.6 Å². The van der Waals surface area contributed by atoms with Crippen LogP contribution in [0, 0.1) is 6.92 Å². The zero-order valence-corrected chi connectivity index (χ0v) is 20.8. The number of hydrogen-bond donors (Lipinski definition) is 2. The van der Waals surface area contributed by atoms with Gasteiger partial charge in [-0.15, -0.1) is 24.0 Å². The zero-order chi connectivity index (χ0) is 20.7. The number of halogens is 1. The molecule has 0 unspecified atom stereocenters. The molecule has 0 amide bonds. The minimum Gasteiger partial charge on any atom is -0.381 e. The number of para-hydroxylation sites is 1. The molecule has 168 valence electrons. The average Bonchev–Trinajstić information content (AvgIpc) is 3.34. The molecule has 0 spiro atoms. The maximum atomic E-state index is 5.70. The molecule has 31 heavy (non-hydrogen) atoms. The lowest BCUT2D eigenvalue weighted by Gasteiger charge is -2.45. The Bertz CT molecular complexity index is 813. The molecule has 2 aliphatic rings. The molecule has 2 fully saturated rings. The second kappa shape index (κ2) is 11.8. The summed E-state index contributed by atoms with van der Waals surface area (Å²) >= 11 is 0. The molecule has 0 atom stereocenters. The van der Waals surface area contributed by atoms with Crippen LogP contribution in [0.2, 0.25) is 0 Å². The lowest BCUT2D eigenvalue weighted by atomic mass is 9.88. The predicted molar refractivity (Wildman–Crippen MR) is 139 cm³/mol. The molecule has 2 aliphatic heterocycles. The summed E-state index contributed by atoms with van der Waals surface area (Å²) in [7, 11) is 0. The molecular formula is C25H35IN4O. The number of nitrogens with one attached hydrogen (secondary N) is 2. The van der Waals surface area contributed by atoms with E-state index in [2.05, 4.69) is 58.9 Å². The number of ether oxygens (including phenoxy) is 1. The first kappa shape index (κ1) is 24.0. The standard InChI is InChI=1S/C25H34N4O.HI/c1-21-9-11-22(12-10-21)19-26-24(28-23-7-3-2-4-8-23)27-20-25(13-17-30-18-14-25)29-15-5-6-16-29;/h2-4,7-12H,5-6,13-20H2,1H3,(H2,26,27,28);1H. The molecule has 2 heterocycles. The number of guanidine groups is 1. The van der Waals surface area contributed by atoms with Gasteiger partial charge in [-0.2, -0.15) is 0 Å². The van der Waals surface area contributed by atoms with E-state index in [0.29, 0.717) is 6.54 Å². The summed E-state index contributed by atoms with van der Waals surface area (Å²) in [6.45, 7) is 7.75. The van der Waals surface area contributed by atoms with Crippen LogP contribution in [0.1, 0.15) is 36.8 Å². The summed E-state index contributed by atoms with van der Waals surface area (Å²) < 4.78 is 5.70. The molecule has 5 nitrogen and oxygen atoms in total. The van der Waals surface area contributed by atoms with E-state index in [0.717, 1.165) is 44.2 Å². The van der Waals surface area contributed by atoms with Crippen molar-refractivity contribution < 1.29 is 4.74 Å². The maximum absolute atomic E-state index is 5.70. The van der Waals surface area contributed by atoms with E-state index in [1.807, 2.05) is 18.2 Å². The van der Waals surface area contributed by atoms with Crippen molar-refractivity contribution in [2.24, 2.45) is 4.99 Å². The highest BCUT2D eigenvalue weighted by Gasteiger charge is 2.39. The van der Waals surface area contributed by atoms with Gasteiger partial charge in [0, 0.05) is 31.0 Å². The lowest BCUT2D eigenvalue weighted by molar-refractivity contribution is -0.0163. The van der Waals surface area contributed by atoms with Gasteiger partial charge in [0.15, 0.2) is 5.96 Å². The second-order valence-corrected chi connectivity index (χ2v) is 8.53. The number of anilines is 1. The highest BCUT2D eigenvalue weighted by atomic mass is 127. The number of likely N-dealkylation sites (tertiary alicyclic amines) is 1. The van der Waals surface area contributed by atoms with Crippen molar-refractivity contribution in [2.45, 2.75) is 44.7 Å². The van der Waals surface area contributed by atoms with E-state index in [4.69, 9.17) is 9.73 Å². The fourth-order valence-corrected chi connectivity index (χ4v) is 4.46. The van der Waals surface area contributed by atoms with Crippen molar-refractivity contribution in [3.8, 4) is 0 Å². The van der Waals surface area contributed by atoms with Crippen LogP contribution in [-0.4, -0.2) is 49.2 Å². The van der Waals surface area contributed by atoms with Gasteiger partial charge in [0.25, 0.3) is 0 Å². The Morgan fingerprint density at radius 3 is 2.35 bits per heavy atom. The van der Waals surface area contributed by atoms with E-state index in [1.165, 1.54) is 37.1 Å². The SMILES string of the molecule is Cc1ccc(CN=C(NCC2(N3CCCC3)CCOCC2)Nc2ccccc2)cc1.I. The van der Waals surface area contributed by atoms with E-state index in [-0.39, 0.29) is 29.5 Å². The second-order valence-electron chi connectivity index (χ2n) is 8.53. The molecule has 2 saturated heterocycles. The third kappa shape index (κ3) is 6.67. The molecule has 0 radical (unpaired) electrons. The lowest BCUT2D eigenvalue weighted by Crippen LogP contribution is -2.58. The van der Waals surface area contributed by atoms with Crippen molar-refractivity contribution in [3.63, 3.8) is 0 Å². The number of nitrogens with zero attached hydrogens (tertiary/aromatic N) is 2. The highest BCUT2D eigenvalue weighted by molar-refractivity contribution is 14.0. The van der Waals surface area contributed by atoms with Gasteiger partial charge in [-0.1, -0.05) is 48.0 Å². The third-order valence-electron chi connectivity index (χ3n) is 6.36. The topological polar surface area (TPSA) is 48.9 Å². The van der Waals surface area contributed by atoms with Crippen molar-refractivity contribution in [1.29, 1.82) is 0 Å². The van der Waals surface area contributed by atoms with Gasteiger partial charge >= 0.3 is 0 Å². The average molecular weight is 534 g/mol. The van der Waals surface area contributed by atoms with Gasteiger partial charge in [-0.3, -0.25) is 4.90 Å². The number of hydrogen-bond acceptors (Lipinski definition) is 3. The Hall–Kier alpha value is -1.64. The van der Waals surface area contributed by atoms with E-state index in [9.17, 15) is 0 Å². The van der Waals surface area contributed by atoms with Crippen LogP contribution in [0.3, 0.4) is 0 Å². The van der Waals surface area contributed by atoms with Gasteiger partial charge in [0.1, 0.15) is 0 Å². The molecule has 2 aromatic rings. The van der Waals surface area contributed by atoms with Crippen LogP contribution >= 0.6 is 24.0 Å². The van der Waals surface area contributed by atoms with Gasteiger partial charge in [-0.05, 0) is 63.4 Å². The van der Waals surface area contributed by atoms with Crippen molar-refractivity contribution in [2.75, 3.05) is 38.2 Å². The predicted octanol–water partition coefficient (Wildman–Crippen LogP) is 4.82. The number of aryl methyl sites for hydroxylation is 1. The Balaban J connectivity index is 0.00000272. The molecule has 4 rings (SSSR count). The van der Waals surface area contributed by atoms with Crippen LogP contribution in [-0.2, 0) is 11.3 Å². The Kier molecular flexibility index (Phi) is 9.16. The molecule has 6 heteroatoms. The largest absolute Gasteiger partial charge is 0.381 e. The highest BCUT2D eigenvalue weighted by Crippen LogP contribution is 2.30. The minimum absolute atomic E-state index is 0.